The van der Waals surface area contributed by atoms with Gasteiger partial charge in [-0.25, -0.2) is 0 Å². The first kappa shape index (κ1) is 11.2. The maximum atomic E-state index is 2.54. The normalized spacial score (nSPS) is 29.8. The zero-order valence-electron chi connectivity index (χ0n) is 8.85. The van der Waals surface area contributed by atoms with Gasteiger partial charge in [-0.1, -0.05) is 6.08 Å². The molecule has 0 radical (unpaired) electrons. The van der Waals surface area contributed by atoms with Gasteiger partial charge in [-0.2, -0.15) is 11.3 Å². The Bertz CT molecular complexity index is 358. The summed E-state index contributed by atoms with van der Waals surface area (Å²) in [5, 5.41) is 4.45. The van der Waals surface area contributed by atoms with Crippen LogP contribution in [0.2, 0.25) is 0 Å². The van der Waals surface area contributed by atoms with Gasteiger partial charge >= 0.3 is 0 Å². The standard InChI is InChI=1S/C12H15NS.ClH/c1-13-11-2-3-12(13)7-10(6-11)9-4-5-14-8-9;/h4-6,8,11-12H,2-3,7H2,1H3;1H. The average Bonchev–Trinajstić information content (AvgIpc) is 2.75. The molecule has 2 aliphatic rings. The zero-order chi connectivity index (χ0) is 9.54. The molecule has 2 unspecified atom stereocenters. The number of hydrogen-bond acceptors (Lipinski definition) is 2. The van der Waals surface area contributed by atoms with E-state index in [0.29, 0.717) is 6.04 Å². The SMILES string of the molecule is CN1C2C=C(c3ccsc3)CC1CC2.Cl. The molecular formula is C12H16ClNS. The third-order valence-electron chi connectivity index (χ3n) is 3.64. The predicted octanol–water partition coefficient (Wildman–Crippen LogP) is 3.42. The molecule has 0 aromatic carbocycles. The minimum Gasteiger partial charge on any atom is -0.297 e. The summed E-state index contributed by atoms with van der Waals surface area (Å²) in [6, 6.07) is 3.77. The van der Waals surface area contributed by atoms with Crippen LogP contribution in [0.15, 0.2) is 22.9 Å². The van der Waals surface area contributed by atoms with Crippen LogP contribution in [0.1, 0.15) is 24.8 Å². The van der Waals surface area contributed by atoms with Crippen molar-refractivity contribution < 1.29 is 0 Å². The molecule has 82 valence electrons. The van der Waals surface area contributed by atoms with Crippen LogP contribution < -0.4 is 0 Å². The summed E-state index contributed by atoms with van der Waals surface area (Å²) < 4.78 is 0. The molecule has 0 spiro atoms. The smallest absolute Gasteiger partial charge is 0.0284 e. The van der Waals surface area contributed by atoms with E-state index in [2.05, 4.69) is 34.9 Å². The molecule has 1 fully saturated rings. The van der Waals surface area contributed by atoms with E-state index in [9.17, 15) is 0 Å². The Kier molecular flexibility index (Phi) is 3.19. The highest BCUT2D eigenvalue weighted by Gasteiger charge is 2.33. The second-order valence-corrected chi connectivity index (χ2v) is 5.15. The summed E-state index contributed by atoms with van der Waals surface area (Å²) in [5.41, 5.74) is 3.04. The van der Waals surface area contributed by atoms with Gasteiger partial charge in [-0.15, -0.1) is 12.4 Å². The molecule has 1 aromatic rings. The summed E-state index contributed by atoms with van der Waals surface area (Å²) in [4.78, 5) is 2.54. The van der Waals surface area contributed by atoms with Crippen molar-refractivity contribution >= 4 is 29.3 Å². The van der Waals surface area contributed by atoms with Gasteiger partial charge in [0, 0.05) is 12.1 Å². The van der Waals surface area contributed by atoms with Crippen molar-refractivity contribution in [3.63, 3.8) is 0 Å². The third-order valence-corrected chi connectivity index (χ3v) is 4.32. The number of fused-ring (bicyclic) bond motifs is 2. The van der Waals surface area contributed by atoms with Crippen LogP contribution in [0.25, 0.3) is 5.57 Å². The molecule has 1 nitrogen and oxygen atoms in total. The monoisotopic (exact) mass is 241 g/mol. The van der Waals surface area contributed by atoms with E-state index in [-0.39, 0.29) is 12.4 Å². The molecule has 15 heavy (non-hydrogen) atoms. The summed E-state index contributed by atoms with van der Waals surface area (Å²) in [6.07, 6.45) is 6.47. The lowest BCUT2D eigenvalue weighted by atomic mass is 9.97. The van der Waals surface area contributed by atoms with Crippen LogP contribution in [0, 0.1) is 0 Å². The van der Waals surface area contributed by atoms with Gasteiger partial charge in [0.15, 0.2) is 0 Å². The fourth-order valence-electron chi connectivity index (χ4n) is 2.70. The number of rotatable bonds is 1. The van der Waals surface area contributed by atoms with E-state index >= 15 is 0 Å². The highest BCUT2D eigenvalue weighted by Crippen LogP contribution is 2.37. The van der Waals surface area contributed by atoms with Crippen LogP contribution in [-0.2, 0) is 0 Å². The lowest BCUT2D eigenvalue weighted by Gasteiger charge is -2.30. The zero-order valence-corrected chi connectivity index (χ0v) is 10.5. The highest BCUT2D eigenvalue weighted by molar-refractivity contribution is 7.08. The van der Waals surface area contributed by atoms with E-state index < -0.39 is 0 Å². The minimum absolute atomic E-state index is 0. The van der Waals surface area contributed by atoms with E-state index in [0.717, 1.165) is 6.04 Å². The van der Waals surface area contributed by atoms with E-state index in [1.807, 2.05) is 0 Å². The highest BCUT2D eigenvalue weighted by atomic mass is 35.5. The average molecular weight is 242 g/mol. The van der Waals surface area contributed by atoms with Crippen molar-refractivity contribution in [1.82, 2.24) is 4.90 Å². The van der Waals surface area contributed by atoms with E-state index in [4.69, 9.17) is 0 Å². The maximum Gasteiger partial charge on any atom is 0.0284 e. The molecule has 3 heterocycles. The molecule has 0 saturated carbocycles. The number of thiophene rings is 1. The minimum atomic E-state index is 0. The number of halogens is 1. The van der Waals surface area contributed by atoms with Gasteiger partial charge in [0.2, 0.25) is 0 Å². The van der Waals surface area contributed by atoms with Crippen molar-refractivity contribution in [2.45, 2.75) is 31.3 Å². The van der Waals surface area contributed by atoms with Crippen molar-refractivity contribution in [2.75, 3.05) is 7.05 Å². The van der Waals surface area contributed by atoms with Crippen molar-refractivity contribution in [3.8, 4) is 0 Å². The number of hydrogen-bond donors (Lipinski definition) is 0. The lowest BCUT2D eigenvalue weighted by molar-refractivity contribution is 0.264. The van der Waals surface area contributed by atoms with Crippen molar-refractivity contribution in [1.29, 1.82) is 0 Å². The number of likely N-dealkylation sites (N-methyl/N-ethyl adjacent to an activating group) is 1. The lowest BCUT2D eigenvalue weighted by Crippen LogP contribution is -2.34. The first-order valence-corrected chi connectivity index (χ1v) is 6.24. The third kappa shape index (κ3) is 1.86. The summed E-state index contributed by atoms with van der Waals surface area (Å²) >= 11 is 1.80. The summed E-state index contributed by atoms with van der Waals surface area (Å²) in [6.45, 7) is 0. The quantitative estimate of drug-likeness (QED) is 0.728. The summed E-state index contributed by atoms with van der Waals surface area (Å²) in [7, 11) is 2.27. The van der Waals surface area contributed by atoms with Gasteiger partial charge in [-0.3, -0.25) is 4.90 Å². The Morgan fingerprint density at radius 2 is 2.27 bits per heavy atom. The second kappa shape index (κ2) is 4.28. The largest absolute Gasteiger partial charge is 0.297 e. The van der Waals surface area contributed by atoms with Crippen molar-refractivity contribution in [2.24, 2.45) is 0 Å². The molecule has 0 N–H and O–H groups in total. The predicted molar refractivity (Wildman–Crippen MR) is 68.7 cm³/mol. The van der Waals surface area contributed by atoms with Crippen molar-refractivity contribution in [3.05, 3.63) is 28.5 Å². The molecule has 1 aromatic heterocycles. The van der Waals surface area contributed by atoms with E-state index in [1.165, 1.54) is 24.8 Å². The molecule has 3 heteroatoms. The van der Waals surface area contributed by atoms with Gasteiger partial charge < -0.3 is 0 Å². The van der Waals surface area contributed by atoms with Gasteiger partial charge in [0.25, 0.3) is 0 Å². The van der Waals surface area contributed by atoms with E-state index in [1.54, 1.807) is 16.9 Å². The maximum absolute atomic E-state index is 2.54. The molecule has 0 amide bonds. The Labute approximate surface area is 101 Å². The molecule has 0 aliphatic carbocycles. The fraction of sp³-hybridized carbons (Fsp3) is 0.500. The molecule has 2 aliphatic heterocycles. The van der Waals surface area contributed by atoms with Gasteiger partial charge in [0.1, 0.15) is 0 Å². The van der Waals surface area contributed by atoms with Crippen LogP contribution in [0.3, 0.4) is 0 Å². The fourth-order valence-corrected chi connectivity index (χ4v) is 3.38. The molecular weight excluding hydrogens is 226 g/mol. The Balaban J connectivity index is 0.000000853. The van der Waals surface area contributed by atoms with Crippen LogP contribution in [0.5, 0.6) is 0 Å². The first-order valence-electron chi connectivity index (χ1n) is 5.30. The van der Waals surface area contributed by atoms with Gasteiger partial charge in [-0.05, 0) is 54.3 Å². The van der Waals surface area contributed by atoms with Crippen LogP contribution in [-0.4, -0.2) is 24.0 Å². The van der Waals surface area contributed by atoms with Gasteiger partial charge in [0.05, 0.1) is 0 Å². The summed E-state index contributed by atoms with van der Waals surface area (Å²) in [5.74, 6) is 0. The topological polar surface area (TPSA) is 3.24 Å². The van der Waals surface area contributed by atoms with Crippen LogP contribution in [0.4, 0.5) is 0 Å². The molecule has 2 bridgehead atoms. The first-order chi connectivity index (χ1) is 6.84. The molecule has 3 rings (SSSR count). The molecule has 2 atom stereocenters. The van der Waals surface area contributed by atoms with Crippen LogP contribution >= 0.6 is 23.7 Å². The number of nitrogens with zero attached hydrogens (tertiary/aromatic N) is 1. The Morgan fingerprint density at radius 1 is 1.40 bits per heavy atom. The Hall–Kier alpha value is -0.310. The second-order valence-electron chi connectivity index (χ2n) is 4.37. The Morgan fingerprint density at radius 3 is 2.93 bits per heavy atom. The molecule has 1 saturated heterocycles.